The molecule has 0 bridgehead atoms. The van der Waals surface area contributed by atoms with Gasteiger partial charge >= 0.3 is 5.63 Å². The maximum Gasteiger partial charge on any atom is 0.336 e. The van der Waals surface area contributed by atoms with E-state index in [0.717, 1.165) is 11.8 Å². The summed E-state index contributed by atoms with van der Waals surface area (Å²) in [6, 6.07) is 7.62. The molecule has 8 heteroatoms. The third kappa shape index (κ3) is 4.50. The van der Waals surface area contributed by atoms with Gasteiger partial charge in [0.2, 0.25) is 0 Å². The molecule has 1 aliphatic heterocycles. The zero-order valence-electron chi connectivity index (χ0n) is 15.4. The van der Waals surface area contributed by atoms with Gasteiger partial charge in [0.1, 0.15) is 11.3 Å². The SMILES string of the molecule is CC[C@@H](C)N(C(=O)COc1ccc2ccc(=O)oc2c1)[C@@H]1CCS(=O)(=O)C1. The first-order valence-electron chi connectivity index (χ1n) is 8.97. The summed E-state index contributed by atoms with van der Waals surface area (Å²) in [6.45, 7) is 3.66. The van der Waals surface area contributed by atoms with Gasteiger partial charge in [-0.25, -0.2) is 13.2 Å². The number of carbonyl (C=O) groups excluding carboxylic acids is 1. The predicted octanol–water partition coefficient (Wildman–Crippen LogP) is 1.99. The third-order valence-electron chi connectivity index (χ3n) is 4.91. The van der Waals surface area contributed by atoms with Crippen LogP contribution < -0.4 is 10.4 Å². The van der Waals surface area contributed by atoms with Crippen LogP contribution in [0.3, 0.4) is 0 Å². The molecule has 2 atom stereocenters. The molecule has 0 unspecified atom stereocenters. The number of rotatable bonds is 6. The number of ether oxygens (including phenoxy) is 1. The summed E-state index contributed by atoms with van der Waals surface area (Å²) in [5, 5.41) is 0.755. The number of sulfone groups is 1. The number of fused-ring (bicyclic) bond motifs is 1. The van der Waals surface area contributed by atoms with E-state index in [1.54, 1.807) is 29.2 Å². The van der Waals surface area contributed by atoms with Crippen LogP contribution in [0.25, 0.3) is 11.0 Å². The van der Waals surface area contributed by atoms with E-state index in [1.807, 2.05) is 13.8 Å². The Balaban J connectivity index is 1.73. The van der Waals surface area contributed by atoms with E-state index < -0.39 is 15.5 Å². The number of amides is 1. The topological polar surface area (TPSA) is 93.9 Å². The van der Waals surface area contributed by atoms with Crippen molar-refractivity contribution in [3.8, 4) is 5.75 Å². The standard InChI is InChI=1S/C19H23NO6S/c1-3-13(2)20(15-8-9-27(23,24)12-15)18(21)11-25-16-6-4-14-5-7-19(22)26-17(14)10-16/h4-7,10,13,15H,3,8-9,11-12H2,1-2H3/t13-,15-/m1/s1. The van der Waals surface area contributed by atoms with Crippen LogP contribution in [0.2, 0.25) is 0 Å². The number of benzene rings is 1. The van der Waals surface area contributed by atoms with Crippen LogP contribution in [0, 0.1) is 0 Å². The van der Waals surface area contributed by atoms with Gasteiger partial charge in [0.05, 0.1) is 11.5 Å². The minimum Gasteiger partial charge on any atom is -0.484 e. The summed E-state index contributed by atoms with van der Waals surface area (Å²) in [7, 11) is -3.09. The first-order valence-corrected chi connectivity index (χ1v) is 10.8. The first-order chi connectivity index (χ1) is 12.8. The molecule has 0 saturated carbocycles. The molecule has 0 aliphatic carbocycles. The Morgan fingerprint density at radius 2 is 2.07 bits per heavy atom. The van der Waals surface area contributed by atoms with Crippen LogP contribution in [0.1, 0.15) is 26.7 Å². The molecule has 2 aromatic rings. The van der Waals surface area contributed by atoms with Crippen LogP contribution in [0.15, 0.2) is 39.5 Å². The Labute approximate surface area is 157 Å². The van der Waals surface area contributed by atoms with Gasteiger partial charge in [-0.1, -0.05) is 6.92 Å². The maximum atomic E-state index is 12.8. The summed E-state index contributed by atoms with van der Waals surface area (Å²) in [5.74, 6) is 0.279. The van der Waals surface area contributed by atoms with E-state index >= 15 is 0 Å². The number of carbonyl (C=O) groups is 1. The van der Waals surface area contributed by atoms with Crippen molar-refractivity contribution in [3.05, 3.63) is 40.8 Å². The third-order valence-corrected chi connectivity index (χ3v) is 6.66. The molecule has 1 aliphatic rings. The van der Waals surface area contributed by atoms with Crippen molar-refractivity contribution < 1.29 is 22.4 Å². The highest BCUT2D eigenvalue weighted by Gasteiger charge is 2.36. The molecule has 1 amide bonds. The summed E-state index contributed by atoms with van der Waals surface area (Å²) in [6.07, 6.45) is 1.18. The molecule has 0 radical (unpaired) electrons. The second kappa shape index (κ2) is 7.72. The molecular weight excluding hydrogens is 370 g/mol. The summed E-state index contributed by atoms with van der Waals surface area (Å²) in [5.41, 5.74) is -0.0748. The Bertz CT molecular complexity index is 997. The smallest absolute Gasteiger partial charge is 0.336 e. The summed E-state index contributed by atoms with van der Waals surface area (Å²) < 4.78 is 34.3. The first kappa shape index (κ1) is 19.4. The van der Waals surface area contributed by atoms with Gasteiger partial charge in [0.25, 0.3) is 5.91 Å². The fourth-order valence-corrected chi connectivity index (χ4v) is 5.06. The molecular formula is C19H23NO6S. The van der Waals surface area contributed by atoms with Crippen LogP contribution in [-0.4, -0.2) is 49.4 Å². The molecule has 1 aromatic carbocycles. The van der Waals surface area contributed by atoms with Crippen LogP contribution in [-0.2, 0) is 14.6 Å². The van der Waals surface area contributed by atoms with Gasteiger partial charge < -0.3 is 14.1 Å². The lowest BCUT2D eigenvalue weighted by molar-refractivity contribution is -0.137. The zero-order valence-corrected chi connectivity index (χ0v) is 16.2. The highest BCUT2D eigenvalue weighted by Crippen LogP contribution is 2.23. The quantitative estimate of drug-likeness (QED) is 0.697. The number of nitrogens with zero attached hydrogens (tertiary/aromatic N) is 1. The van der Waals surface area contributed by atoms with E-state index in [0.29, 0.717) is 17.8 Å². The molecule has 3 rings (SSSR count). The maximum absolute atomic E-state index is 12.8. The fraction of sp³-hybridized carbons (Fsp3) is 0.474. The number of hydrogen-bond acceptors (Lipinski definition) is 6. The van der Waals surface area contributed by atoms with Crippen molar-refractivity contribution in [2.75, 3.05) is 18.1 Å². The van der Waals surface area contributed by atoms with Crippen molar-refractivity contribution in [2.24, 2.45) is 0 Å². The van der Waals surface area contributed by atoms with E-state index in [4.69, 9.17) is 9.15 Å². The lowest BCUT2D eigenvalue weighted by Gasteiger charge is -2.33. The van der Waals surface area contributed by atoms with E-state index in [9.17, 15) is 18.0 Å². The highest BCUT2D eigenvalue weighted by molar-refractivity contribution is 7.91. The zero-order chi connectivity index (χ0) is 19.6. The average Bonchev–Trinajstić information content (AvgIpc) is 2.98. The van der Waals surface area contributed by atoms with Crippen molar-refractivity contribution >= 4 is 26.7 Å². The monoisotopic (exact) mass is 393 g/mol. The van der Waals surface area contributed by atoms with Gasteiger partial charge in [-0.05, 0) is 38.0 Å². The normalized spacial score (nSPS) is 19.7. The summed E-state index contributed by atoms with van der Waals surface area (Å²) >= 11 is 0. The molecule has 0 N–H and O–H groups in total. The molecule has 7 nitrogen and oxygen atoms in total. The van der Waals surface area contributed by atoms with Crippen LogP contribution in [0.4, 0.5) is 0 Å². The molecule has 1 saturated heterocycles. The van der Waals surface area contributed by atoms with E-state index in [1.165, 1.54) is 6.07 Å². The van der Waals surface area contributed by atoms with Gasteiger partial charge in [0, 0.05) is 29.6 Å². The van der Waals surface area contributed by atoms with Gasteiger partial charge in [-0.2, -0.15) is 0 Å². The van der Waals surface area contributed by atoms with Gasteiger partial charge in [0.15, 0.2) is 16.4 Å². The fourth-order valence-electron chi connectivity index (χ4n) is 3.35. The molecule has 0 spiro atoms. The Hall–Kier alpha value is -2.35. The van der Waals surface area contributed by atoms with Crippen molar-refractivity contribution in [3.63, 3.8) is 0 Å². The van der Waals surface area contributed by atoms with Gasteiger partial charge in [-0.3, -0.25) is 4.79 Å². The molecule has 1 aromatic heterocycles. The molecule has 27 heavy (non-hydrogen) atoms. The number of hydrogen-bond donors (Lipinski definition) is 0. The second-order valence-corrected chi connectivity index (χ2v) is 9.09. The van der Waals surface area contributed by atoms with Crippen molar-refractivity contribution in [2.45, 2.75) is 38.8 Å². The largest absolute Gasteiger partial charge is 0.484 e. The van der Waals surface area contributed by atoms with E-state index in [-0.39, 0.29) is 36.1 Å². The lowest BCUT2D eigenvalue weighted by Crippen LogP contribution is -2.48. The predicted molar refractivity (Wildman–Crippen MR) is 102 cm³/mol. The highest BCUT2D eigenvalue weighted by atomic mass is 32.2. The summed E-state index contributed by atoms with van der Waals surface area (Å²) in [4.78, 5) is 25.8. The Morgan fingerprint density at radius 1 is 1.33 bits per heavy atom. The second-order valence-electron chi connectivity index (χ2n) is 6.86. The molecule has 2 heterocycles. The minimum atomic E-state index is -3.09. The van der Waals surface area contributed by atoms with E-state index in [2.05, 4.69) is 0 Å². The minimum absolute atomic E-state index is 0.00418. The van der Waals surface area contributed by atoms with Crippen molar-refractivity contribution in [1.29, 1.82) is 0 Å². The molecule has 1 fully saturated rings. The lowest BCUT2D eigenvalue weighted by atomic mass is 10.1. The average molecular weight is 393 g/mol. The van der Waals surface area contributed by atoms with Crippen molar-refractivity contribution in [1.82, 2.24) is 4.90 Å². The Morgan fingerprint density at radius 3 is 2.74 bits per heavy atom. The van der Waals surface area contributed by atoms with Crippen LogP contribution >= 0.6 is 0 Å². The van der Waals surface area contributed by atoms with Gasteiger partial charge in [-0.15, -0.1) is 0 Å². The Kier molecular flexibility index (Phi) is 5.55. The van der Waals surface area contributed by atoms with Crippen LogP contribution in [0.5, 0.6) is 5.75 Å². The molecule has 146 valence electrons.